The molecular formula is C11H12F2N2. The molecule has 0 spiro atoms. The van der Waals surface area contributed by atoms with Gasteiger partial charge in [-0.1, -0.05) is 12.1 Å². The summed E-state index contributed by atoms with van der Waals surface area (Å²) in [4.78, 5) is 0. The molecule has 0 heterocycles. The van der Waals surface area contributed by atoms with Crippen LogP contribution in [0.2, 0.25) is 0 Å². The first-order chi connectivity index (χ1) is 7.22. The maximum absolute atomic E-state index is 11.9. The van der Waals surface area contributed by atoms with Gasteiger partial charge in [0, 0.05) is 18.7 Å². The fraction of sp³-hybridized carbons (Fsp3) is 0.364. The first kappa shape index (κ1) is 11.4. The van der Waals surface area contributed by atoms with Gasteiger partial charge in [0.2, 0.25) is 6.43 Å². The fourth-order valence-electron chi connectivity index (χ4n) is 1.21. The molecule has 0 bridgehead atoms. The van der Waals surface area contributed by atoms with E-state index in [1.54, 1.807) is 18.2 Å². The second-order valence-electron chi connectivity index (χ2n) is 3.14. The van der Waals surface area contributed by atoms with Crippen LogP contribution in [0.1, 0.15) is 12.0 Å². The summed E-state index contributed by atoms with van der Waals surface area (Å²) in [5.74, 6) is 0. The van der Waals surface area contributed by atoms with E-state index < -0.39 is 6.43 Å². The molecule has 80 valence electrons. The number of anilines is 1. The third-order valence-corrected chi connectivity index (χ3v) is 1.90. The van der Waals surface area contributed by atoms with E-state index in [1.165, 1.54) is 0 Å². The second kappa shape index (κ2) is 5.97. The van der Waals surface area contributed by atoms with Crippen molar-refractivity contribution in [3.8, 4) is 6.07 Å². The van der Waals surface area contributed by atoms with E-state index in [4.69, 9.17) is 5.26 Å². The summed E-state index contributed by atoms with van der Waals surface area (Å²) >= 11 is 0. The van der Waals surface area contributed by atoms with Crippen LogP contribution in [0.25, 0.3) is 0 Å². The molecule has 15 heavy (non-hydrogen) atoms. The molecule has 1 rings (SSSR count). The Morgan fingerprint density at radius 3 is 2.87 bits per heavy atom. The van der Waals surface area contributed by atoms with Gasteiger partial charge in [-0.25, -0.2) is 8.78 Å². The third kappa shape index (κ3) is 4.41. The van der Waals surface area contributed by atoms with Crippen molar-refractivity contribution in [3.63, 3.8) is 0 Å². The average Bonchev–Trinajstić information content (AvgIpc) is 2.18. The topological polar surface area (TPSA) is 35.8 Å². The highest BCUT2D eigenvalue weighted by Crippen LogP contribution is 2.11. The van der Waals surface area contributed by atoms with E-state index >= 15 is 0 Å². The Kier molecular flexibility index (Phi) is 4.55. The number of benzene rings is 1. The molecule has 0 aromatic heterocycles. The lowest BCUT2D eigenvalue weighted by Crippen LogP contribution is -2.06. The van der Waals surface area contributed by atoms with Gasteiger partial charge in [0.1, 0.15) is 0 Å². The van der Waals surface area contributed by atoms with E-state index in [0.29, 0.717) is 6.42 Å². The van der Waals surface area contributed by atoms with Gasteiger partial charge in [0.25, 0.3) is 0 Å². The predicted octanol–water partition coefficient (Wildman–Crippen LogP) is 2.82. The van der Waals surface area contributed by atoms with E-state index in [-0.39, 0.29) is 13.0 Å². The number of nitrogens with zero attached hydrogens (tertiary/aromatic N) is 1. The Bertz CT molecular complexity index is 345. The van der Waals surface area contributed by atoms with Crippen LogP contribution in [0.4, 0.5) is 14.5 Å². The highest BCUT2D eigenvalue weighted by molar-refractivity contribution is 5.46. The number of alkyl halides is 2. The summed E-state index contributed by atoms with van der Waals surface area (Å²) in [5.41, 5.74) is 1.67. The normalized spacial score (nSPS) is 10.0. The summed E-state index contributed by atoms with van der Waals surface area (Å²) < 4.78 is 23.7. The molecule has 0 saturated carbocycles. The maximum atomic E-state index is 11.9. The molecule has 0 saturated heterocycles. The molecule has 1 aromatic rings. The van der Waals surface area contributed by atoms with Crippen molar-refractivity contribution in [2.75, 3.05) is 11.9 Å². The first-order valence-electron chi connectivity index (χ1n) is 4.70. The van der Waals surface area contributed by atoms with Crippen molar-refractivity contribution in [1.29, 1.82) is 5.26 Å². The Balaban J connectivity index is 2.47. The zero-order chi connectivity index (χ0) is 11.1. The van der Waals surface area contributed by atoms with E-state index in [1.807, 2.05) is 12.1 Å². The molecule has 4 heteroatoms. The summed E-state index contributed by atoms with van der Waals surface area (Å²) in [7, 11) is 0. The predicted molar refractivity (Wildman–Crippen MR) is 54.9 cm³/mol. The van der Waals surface area contributed by atoms with Crippen molar-refractivity contribution < 1.29 is 8.78 Å². The molecule has 0 aliphatic heterocycles. The summed E-state index contributed by atoms with van der Waals surface area (Å²) in [6.07, 6.45) is -2.10. The average molecular weight is 210 g/mol. The number of hydrogen-bond acceptors (Lipinski definition) is 2. The van der Waals surface area contributed by atoms with Crippen molar-refractivity contribution in [1.82, 2.24) is 0 Å². The number of halogens is 2. The smallest absolute Gasteiger partial charge is 0.240 e. The molecule has 0 aliphatic carbocycles. The summed E-state index contributed by atoms with van der Waals surface area (Å²) in [5, 5.41) is 11.4. The minimum absolute atomic E-state index is 0.164. The van der Waals surface area contributed by atoms with Crippen LogP contribution in [0, 0.1) is 11.3 Å². The van der Waals surface area contributed by atoms with Crippen LogP contribution in [0.5, 0.6) is 0 Å². The molecule has 0 atom stereocenters. The second-order valence-corrected chi connectivity index (χ2v) is 3.14. The molecule has 0 fully saturated rings. The zero-order valence-corrected chi connectivity index (χ0v) is 8.21. The van der Waals surface area contributed by atoms with E-state index in [2.05, 4.69) is 5.32 Å². The van der Waals surface area contributed by atoms with E-state index in [9.17, 15) is 8.78 Å². The quantitative estimate of drug-likeness (QED) is 0.811. The van der Waals surface area contributed by atoms with Gasteiger partial charge in [-0.2, -0.15) is 5.26 Å². The van der Waals surface area contributed by atoms with Gasteiger partial charge >= 0.3 is 0 Å². The monoisotopic (exact) mass is 210 g/mol. The van der Waals surface area contributed by atoms with Gasteiger partial charge in [0.05, 0.1) is 12.5 Å². The minimum Gasteiger partial charge on any atom is -0.385 e. The third-order valence-electron chi connectivity index (χ3n) is 1.90. The molecule has 1 aromatic carbocycles. The molecule has 2 nitrogen and oxygen atoms in total. The van der Waals surface area contributed by atoms with Crippen molar-refractivity contribution in [2.24, 2.45) is 0 Å². The van der Waals surface area contributed by atoms with Crippen LogP contribution >= 0.6 is 0 Å². The minimum atomic E-state index is -2.28. The molecule has 0 radical (unpaired) electrons. The molecule has 0 aliphatic rings. The van der Waals surface area contributed by atoms with Crippen molar-refractivity contribution in [3.05, 3.63) is 29.8 Å². The number of hydrogen-bond donors (Lipinski definition) is 1. The lowest BCUT2D eigenvalue weighted by Gasteiger charge is -2.06. The number of nitrogens with one attached hydrogen (secondary N) is 1. The van der Waals surface area contributed by atoms with Crippen LogP contribution in [0.15, 0.2) is 24.3 Å². The molecule has 1 N–H and O–H groups in total. The van der Waals surface area contributed by atoms with Crippen LogP contribution in [-0.4, -0.2) is 13.0 Å². The van der Waals surface area contributed by atoms with Gasteiger partial charge < -0.3 is 5.32 Å². The SMILES string of the molecule is N#CCc1cccc(NCCC(F)F)c1. The Morgan fingerprint density at radius 1 is 1.40 bits per heavy atom. The van der Waals surface area contributed by atoms with Crippen LogP contribution < -0.4 is 5.32 Å². The van der Waals surface area contributed by atoms with Crippen LogP contribution in [-0.2, 0) is 6.42 Å². The Hall–Kier alpha value is -1.63. The first-order valence-corrected chi connectivity index (χ1v) is 4.70. The highest BCUT2D eigenvalue weighted by Gasteiger charge is 2.01. The van der Waals surface area contributed by atoms with Crippen molar-refractivity contribution in [2.45, 2.75) is 19.3 Å². The number of nitriles is 1. The van der Waals surface area contributed by atoms with Crippen LogP contribution in [0.3, 0.4) is 0 Å². The Labute approximate surface area is 87.5 Å². The largest absolute Gasteiger partial charge is 0.385 e. The highest BCUT2D eigenvalue weighted by atomic mass is 19.3. The van der Waals surface area contributed by atoms with Gasteiger partial charge in [-0.05, 0) is 17.7 Å². The van der Waals surface area contributed by atoms with E-state index in [0.717, 1.165) is 11.3 Å². The summed E-state index contributed by atoms with van der Waals surface area (Å²) in [6.45, 7) is 0.244. The Morgan fingerprint density at radius 2 is 2.20 bits per heavy atom. The van der Waals surface area contributed by atoms with Gasteiger partial charge in [0.15, 0.2) is 0 Å². The molecule has 0 amide bonds. The maximum Gasteiger partial charge on any atom is 0.240 e. The number of rotatable bonds is 5. The van der Waals surface area contributed by atoms with Gasteiger partial charge in [-0.3, -0.25) is 0 Å². The molecular weight excluding hydrogens is 198 g/mol. The summed E-state index contributed by atoms with van der Waals surface area (Å²) in [6, 6.07) is 9.27. The lowest BCUT2D eigenvalue weighted by molar-refractivity contribution is 0.142. The lowest BCUT2D eigenvalue weighted by atomic mass is 10.1. The molecule has 0 unspecified atom stereocenters. The van der Waals surface area contributed by atoms with Crippen molar-refractivity contribution >= 4 is 5.69 Å². The standard InChI is InChI=1S/C11H12F2N2/c12-11(13)5-7-15-10-3-1-2-9(8-10)4-6-14/h1-3,8,11,15H,4-5,7H2. The van der Waals surface area contributed by atoms with Gasteiger partial charge in [-0.15, -0.1) is 0 Å². The fourth-order valence-corrected chi connectivity index (χ4v) is 1.21. The zero-order valence-electron chi connectivity index (χ0n) is 8.21.